The van der Waals surface area contributed by atoms with E-state index in [0.717, 1.165) is 18.4 Å². The molecule has 4 rings (SSSR count). The number of piperidine rings is 1. The standard InChI is InChI=1S/C23H27ClN6O5/c1-23(2,3)35-22(34)25-14-8-6-10-29(12-14)21-28-17-16(19(31)27-18(26-17)20(32)33)30(21)11-13-7-4-5-9-15(13)24/h4-5,7,9,14H,6,8,10-12H2,1-3H3,(H,25,34)(H,32,33)(H,26,27,31)/t14-/m1/s1. The topological polar surface area (TPSA) is 142 Å². The Balaban J connectivity index is 1.72. The highest BCUT2D eigenvalue weighted by Gasteiger charge is 2.29. The Morgan fingerprint density at radius 1 is 1.29 bits per heavy atom. The molecule has 3 heterocycles. The Morgan fingerprint density at radius 3 is 2.71 bits per heavy atom. The number of amides is 1. The number of hydrogen-bond acceptors (Lipinski definition) is 7. The molecule has 0 unspecified atom stereocenters. The van der Waals surface area contributed by atoms with E-state index in [1.54, 1.807) is 31.4 Å². The average Bonchev–Trinajstić information content (AvgIpc) is 3.13. The Hall–Kier alpha value is -3.60. The maximum Gasteiger partial charge on any atom is 0.407 e. The number of carboxylic acids is 1. The third-order valence-electron chi connectivity index (χ3n) is 5.51. The number of carbonyl (C=O) groups excluding carboxylic acids is 1. The lowest BCUT2D eigenvalue weighted by molar-refractivity contribution is 0.0499. The number of halogens is 1. The van der Waals surface area contributed by atoms with Gasteiger partial charge in [-0.1, -0.05) is 29.8 Å². The van der Waals surface area contributed by atoms with Gasteiger partial charge in [0.2, 0.25) is 11.8 Å². The van der Waals surface area contributed by atoms with Crippen LogP contribution in [0.15, 0.2) is 29.1 Å². The van der Waals surface area contributed by atoms with Crippen LogP contribution >= 0.6 is 11.6 Å². The van der Waals surface area contributed by atoms with Crippen LogP contribution in [0.2, 0.25) is 5.02 Å². The van der Waals surface area contributed by atoms with Gasteiger partial charge in [0, 0.05) is 24.2 Å². The Bertz CT molecular complexity index is 1330. The quantitative estimate of drug-likeness (QED) is 0.483. The van der Waals surface area contributed by atoms with Gasteiger partial charge in [0.25, 0.3) is 5.56 Å². The summed E-state index contributed by atoms with van der Waals surface area (Å²) < 4.78 is 7.07. The van der Waals surface area contributed by atoms with Gasteiger partial charge in [-0.15, -0.1) is 0 Å². The zero-order valence-corrected chi connectivity index (χ0v) is 20.4. The van der Waals surface area contributed by atoms with Gasteiger partial charge in [-0.25, -0.2) is 14.6 Å². The van der Waals surface area contributed by atoms with Gasteiger partial charge < -0.3 is 20.1 Å². The van der Waals surface area contributed by atoms with Crippen LogP contribution in [0, 0.1) is 0 Å². The molecule has 3 N–H and O–H groups in total. The van der Waals surface area contributed by atoms with Gasteiger partial charge in [-0.2, -0.15) is 4.98 Å². The van der Waals surface area contributed by atoms with E-state index in [1.807, 2.05) is 23.1 Å². The van der Waals surface area contributed by atoms with E-state index in [9.17, 15) is 19.5 Å². The maximum atomic E-state index is 12.9. The number of imidazole rings is 1. The second-order valence-electron chi connectivity index (χ2n) is 9.41. The number of aromatic carboxylic acids is 1. The van der Waals surface area contributed by atoms with E-state index >= 15 is 0 Å². The maximum absolute atomic E-state index is 12.9. The van der Waals surface area contributed by atoms with Crippen LogP contribution in [0.25, 0.3) is 11.2 Å². The van der Waals surface area contributed by atoms with Gasteiger partial charge in [0.1, 0.15) is 5.60 Å². The highest BCUT2D eigenvalue weighted by molar-refractivity contribution is 6.31. The molecule has 0 aliphatic carbocycles. The van der Waals surface area contributed by atoms with Crippen LogP contribution in [0.4, 0.5) is 10.7 Å². The zero-order chi connectivity index (χ0) is 25.3. The largest absolute Gasteiger partial charge is 0.475 e. The summed E-state index contributed by atoms with van der Waals surface area (Å²) >= 11 is 6.38. The number of rotatable bonds is 5. The number of ether oxygens (including phenoxy) is 1. The molecule has 1 saturated heterocycles. The van der Waals surface area contributed by atoms with E-state index in [-0.39, 0.29) is 23.8 Å². The first-order chi connectivity index (χ1) is 16.5. The monoisotopic (exact) mass is 502 g/mol. The summed E-state index contributed by atoms with van der Waals surface area (Å²) in [7, 11) is 0. The minimum absolute atomic E-state index is 0.0235. The summed E-state index contributed by atoms with van der Waals surface area (Å²) in [6, 6.07) is 7.04. The van der Waals surface area contributed by atoms with E-state index in [0.29, 0.717) is 24.1 Å². The highest BCUT2D eigenvalue weighted by atomic mass is 35.5. The van der Waals surface area contributed by atoms with Crippen LogP contribution < -0.4 is 15.8 Å². The van der Waals surface area contributed by atoms with Crippen LogP contribution in [0.5, 0.6) is 0 Å². The van der Waals surface area contributed by atoms with Crippen molar-refractivity contribution in [2.75, 3.05) is 18.0 Å². The molecule has 1 aliphatic heterocycles. The summed E-state index contributed by atoms with van der Waals surface area (Å²) in [6.07, 6.45) is 1.01. The molecule has 186 valence electrons. The molecule has 11 nitrogen and oxygen atoms in total. The van der Waals surface area contributed by atoms with Gasteiger partial charge >= 0.3 is 12.1 Å². The number of alkyl carbamates (subject to hydrolysis) is 1. The summed E-state index contributed by atoms with van der Waals surface area (Å²) in [4.78, 5) is 49.5. The molecule has 1 fully saturated rings. The third kappa shape index (κ3) is 5.56. The fourth-order valence-electron chi connectivity index (χ4n) is 4.07. The fourth-order valence-corrected chi connectivity index (χ4v) is 4.27. The molecule has 1 aliphatic rings. The van der Waals surface area contributed by atoms with Gasteiger partial charge in [-0.3, -0.25) is 14.3 Å². The van der Waals surface area contributed by atoms with Crippen molar-refractivity contribution in [2.45, 2.75) is 51.8 Å². The first-order valence-corrected chi connectivity index (χ1v) is 11.6. The van der Waals surface area contributed by atoms with Crippen LogP contribution in [-0.4, -0.2) is 61.4 Å². The van der Waals surface area contributed by atoms with Crippen molar-refractivity contribution in [3.05, 3.63) is 51.0 Å². The summed E-state index contributed by atoms with van der Waals surface area (Å²) in [5, 5.41) is 12.7. The van der Waals surface area contributed by atoms with Crippen molar-refractivity contribution in [1.29, 1.82) is 0 Å². The van der Waals surface area contributed by atoms with Gasteiger partial charge in [-0.05, 0) is 45.2 Å². The van der Waals surface area contributed by atoms with Crippen LogP contribution in [0.3, 0.4) is 0 Å². The fraction of sp³-hybridized carbons (Fsp3) is 0.435. The van der Waals surface area contributed by atoms with E-state index in [4.69, 9.17) is 16.3 Å². The number of aromatic nitrogens is 4. The number of aromatic amines is 1. The van der Waals surface area contributed by atoms with Crippen molar-refractivity contribution in [3.63, 3.8) is 0 Å². The molecule has 1 amide bonds. The third-order valence-corrected chi connectivity index (χ3v) is 5.88. The molecule has 0 saturated carbocycles. The molecule has 12 heteroatoms. The lowest BCUT2D eigenvalue weighted by Crippen LogP contribution is -2.49. The number of nitrogens with zero attached hydrogens (tertiary/aromatic N) is 4. The molecule has 35 heavy (non-hydrogen) atoms. The SMILES string of the molecule is CC(C)(C)OC(=O)N[C@@H]1CCCN(c2nc3nc(C(=O)O)[nH]c(=O)c3n2Cc2ccccc2Cl)C1. The Morgan fingerprint density at radius 2 is 2.03 bits per heavy atom. The molecule has 1 aromatic carbocycles. The first kappa shape index (κ1) is 24.5. The number of anilines is 1. The van der Waals surface area contributed by atoms with Crippen LogP contribution in [0.1, 0.15) is 49.8 Å². The van der Waals surface area contributed by atoms with Crippen molar-refractivity contribution in [1.82, 2.24) is 24.8 Å². The minimum atomic E-state index is -1.36. The van der Waals surface area contributed by atoms with E-state index in [2.05, 4.69) is 20.3 Å². The lowest BCUT2D eigenvalue weighted by atomic mass is 10.1. The molecule has 1 atom stereocenters. The van der Waals surface area contributed by atoms with E-state index < -0.39 is 29.0 Å². The predicted molar refractivity (Wildman–Crippen MR) is 130 cm³/mol. The van der Waals surface area contributed by atoms with Crippen molar-refractivity contribution in [3.8, 4) is 0 Å². The number of hydrogen-bond donors (Lipinski definition) is 3. The highest BCUT2D eigenvalue weighted by Crippen LogP contribution is 2.26. The lowest BCUT2D eigenvalue weighted by Gasteiger charge is -2.34. The molecule has 0 bridgehead atoms. The summed E-state index contributed by atoms with van der Waals surface area (Å²) in [5.41, 5.74) is -0.297. The normalized spacial score (nSPS) is 16.3. The van der Waals surface area contributed by atoms with Gasteiger partial charge in [0.15, 0.2) is 11.2 Å². The second kappa shape index (κ2) is 9.57. The second-order valence-corrected chi connectivity index (χ2v) is 9.82. The number of carbonyl (C=O) groups is 2. The van der Waals surface area contributed by atoms with Crippen molar-refractivity contribution in [2.24, 2.45) is 0 Å². The number of nitrogens with one attached hydrogen (secondary N) is 2. The number of fused-ring (bicyclic) bond motifs is 1. The summed E-state index contributed by atoms with van der Waals surface area (Å²) in [6.45, 7) is 6.67. The molecular formula is C23H27ClN6O5. The van der Waals surface area contributed by atoms with E-state index in [1.165, 1.54) is 0 Å². The van der Waals surface area contributed by atoms with Gasteiger partial charge in [0.05, 0.1) is 6.54 Å². The minimum Gasteiger partial charge on any atom is -0.475 e. The smallest absolute Gasteiger partial charge is 0.407 e. The number of H-pyrrole nitrogens is 1. The molecule has 0 radical (unpaired) electrons. The molecule has 0 spiro atoms. The number of carboxylic acid groups (broad SMARTS) is 1. The first-order valence-electron chi connectivity index (χ1n) is 11.2. The molecular weight excluding hydrogens is 476 g/mol. The molecule has 3 aromatic rings. The number of benzene rings is 1. The zero-order valence-electron chi connectivity index (χ0n) is 19.7. The summed E-state index contributed by atoms with van der Waals surface area (Å²) in [5.74, 6) is -1.40. The average molecular weight is 503 g/mol. The molecule has 2 aromatic heterocycles. The van der Waals surface area contributed by atoms with Crippen LogP contribution in [-0.2, 0) is 11.3 Å². The van der Waals surface area contributed by atoms with Crippen molar-refractivity contribution >= 4 is 40.8 Å². The predicted octanol–water partition coefficient (Wildman–Crippen LogP) is 3.01. The van der Waals surface area contributed by atoms with Crippen molar-refractivity contribution < 1.29 is 19.4 Å². The Labute approximate surface area is 206 Å². The Kier molecular flexibility index (Phi) is 6.70.